The van der Waals surface area contributed by atoms with E-state index in [4.69, 9.17) is 4.74 Å². The van der Waals surface area contributed by atoms with Crippen molar-refractivity contribution in [3.63, 3.8) is 0 Å². The molecule has 1 atom stereocenters. The van der Waals surface area contributed by atoms with Gasteiger partial charge in [0.15, 0.2) is 0 Å². The van der Waals surface area contributed by atoms with E-state index in [9.17, 15) is 9.18 Å². The molecule has 1 aliphatic heterocycles. The normalized spacial score (nSPS) is 19.2. The number of benzene rings is 1. The Morgan fingerprint density at radius 2 is 2.37 bits per heavy atom. The van der Waals surface area contributed by atoms with E-state index in [-0.39, 0.29) is 17.8 Å². The predicted octanol–water partition coefficient (Wildman–Crippen LogP) is 1.58. The number of halogens is 2. The number of morpholine rings is 1. The molecule has 2 rings (SSSR count). The van der Waals surface area contributed by atoms with Gasteiger partial charge in [-0.05, 0) is 23.8 Å². The summed E-state index contributed by atoms with van der Waals surface area (Å²) in [4.78, 5) is 11.7. The summed E-state index contributed by atoms with van der Waals surface area (Å²) < 4.78 is 19.1. The van der Waals surface area contributed by atoms with Crippen molar-refractivity contribution in [1.29, 1.82) is 0 Å². The van der Waals surface area contributed by atoms with Crippen molar-refractivity contribution in [3.05, 3.63) is 34.1 Å². The molecule has 104 valence electrons. The van der Waals surface area contributed by atoms with Crippen LogP contribution in [0, 0.1) is 5.82 Å². The lowest BCUT2D eigenvalue weighted by molar-refractivity contribution is -0.122. The standard InChI is InChI=1S/C13H16BrFN2O2/c14-10-3-9(4-11(15)5-10)7-17-13(18)6-12-8-19-2-1-16-12/h3-5,12,16H,1-2,6-8H2,(H,17,18). The summed E-state index contributed by atoms with van der Waals surface area (Å²) in [5, 5.41) is 5.99. The third-order valence-corrected chi connectivity index (χ3v) is 3.30. The lowest BCUT2D eigenvalue weighted by Gasteiger charge is -2.23. The second-order valence-corrected chi connectivity index (χ2v) is 5.40. The summed E-state index contributed by atoms with van der Waals surface area (Å²) in [6, 6.07) is 4.64. The van der Waals surface area contributed by atoms with Gasteiger partial charge in [0.2, 0.25) is 5.91 Å². The number of ether oxygens (including phenoxy) is 1. The molecule has 4 nitrogen and oxygen atoms in total. The van der Waals surface area contributed by atoms with Crippen molar-refractivity contribution in [1.82, 2.24) is 10.6 Å². The van der Waals surface area contributed by atoms with Crippen LogP contribution in [0.4, 0.5) is 4.39 Å². The predicted molar refractivity (Wildman–Crippen MR) is 73.2 cm³/mol. The van der Waals surface area contributed by atoms with Crippen LogP contribution in [0.25, 0.3) is 0 Å². The van der Waals surface area contributed by atoms with Crippen molar-refractivity contribution in [2.45, 2.75) is 19.0 Å². The molecule has 0 saturated carbocycles. The van der Waals surface area contributed by atoms with Crippen LogP contribution < -0.4 is 10.6 Å². The molecular formula is C13H16BrFN2O2. The zero-order chi connectivity index (χ0) is 13.7. The van der Waals surface area contributed by atoms with Gasteiger partial charge in [-0.1, -0.05) is 15.9 Å². The first-order valence-corrected chi connectivity index (χ1v) is 6.95. The summed E-state index contributed by atoms with van der Waals surface area (Å²) in [7, 11) is 0. The minimum absolute atomic E-state index is 0.0630. The monoisotopic (exact) mass is 330 g/mol. The lowest BCUT2D eigenvalue weighted by Crippen LogP contribution is -2.44. The quantitative estimate of drug-likeness (QED) is 0.881. The van der Waals surface area contributed by atoms with E-state index in [1.807, 2.05) is 0 Å². The van der Waals surface area contributed by atoms with Crippen LogP contribution >= 0.6 is 15.9 Å². The SMILES string of the molecule is O=C(CC1COCCN1)NCc1cc(F)cc(Br)c1. The van der Waals surface area contributed by atoms with Gasteiger partial charge >= 0.3 is 0 Å². The van der Waals surface area contributed by atoms with Gasteiger partial charge < -0.3 is 15.4 Å². The van der Waals surface area contributed by atoms with Crippen LogP contribution in [0.15, 0.2) is 22.7 Å². The molecule has 1 fully saturated rings. The second kappa shape index (κ2) is 6.98. The Hall–Kier alpha value is -0.980. The topological polar surface area (TPSA) is 50.4 Å². The van der Waals surface area contributed by atoms with E-state index >= 15 is 0 Å². The van der Waals surface area contributed by atoms with Crippen molar-refractivity contribution >= 4 is 21.8 Å². The summed E-state index contributed by atoms with van der Waals surface area (Å²) in [6.07, 6.45) is 0.372. The summed E-state index contributed by atoms with van der Waals surface area (Å²) in [5.74, 6) is -0.385. The lowest BCUT2D eigenvalue weighted by atomic mass is 10.1. The maximum atomic E-state index is 13.2. The Morgan fingerprint density at radius 1 is 1.53 bits per heavy atom. The number of carbonyl (C=O) groups is 1. The number of carbonyl (C=O) groups excluding carboxylic acids is 1. The van der Waals surface area contributed by atoms with Crippen LogP contribution in [0.1, 0.15) is 12.0 Å². The Kier molecular flexibility index (Phi) is 5.30. The molecule has 1 heterocycles. The third-order valence-electron chi connectivity index (χ3n) is 2.84. The van der Waals surface area contributed by atoms with E-state index in [2.05, 4.69) is 26.6 Å². The van der Waals surface area contributed by atoms with Crippen LogP contribution in [-0.4, -0.2) is 31.7 Å². The van der Waals surface area contributed by atoms with Crippen molar-refractivity contribution < 1.29 is 13.9 Å². The smallest absolute Gasteiger partial charge is 0.221 e. The molecule has 1 aromatic rings. The highest BCUT2D eigenvalue weighted by Crippen LogP contribution is 2.14. The number of hydrogen-bond acceptors (Lipinski definition) is 3. The fourth-order valence-electron chi connectivity index (χ4n) is 1.96. The van der Waals surface area contributed by atoms with Gasteiger partial charge in [-0.15, -0.1) is 0 Å². The molecule has 1 aliphatic rings. The minimum atomic E-state index is -0.319. The number of hydrogen-bond donors (Lipinski definition) is 2. The van der Waals surface area contributed by atoms with Gasteiger partial charge in [-0.3, -0.25) is 4.79 Å². The van der Waals surface area contributed by atoms with E-state index in [0.29, 0.717) is 30.7 Å². The molecule has 0 aliphatic carbocycles. The first-order valence-electron chi connectivity index (χ1n) is 6.16. The van der Waals surface area contributed by atoms with Gasteiger partial charge in [0, 0.05) is 30.0 Å². The molecular weight excluding hydrogens is 315 g/mol. The number of amides is 1. The number of nitrogens with one attached hydrogen (secondary N) is 2. The Morgan fingerprint density at radius 3 is 3.05 bits per heavy atom. The fourth-order valence-corrected chi connectivity index (χ4v) is 2.47. The molecule has 0 spiro atoms. The van der Waals surface area contributed by atoms with Crippen molar-refractivity contribution in [2.75, 3.05) is 19.8 Å². The van der Waals surface area contributed by atoms with Gasteiger partial charge in [0.1, 0.15) is 5.82 Å². The van der Waals surface area contributed by atoms with Crippen LogP contribution in [0.5, 0.6) is 0 Å². The third kappa shape index (κ3) is 4.89. The molecule has 19 heavy (non-hydrogen) atoms. The van der Waals surface area contributed by atoms with E-state index in [1.165, 1.54) is 12.1 Å². The second-order valence-electron chi connectivity index (χ2n) is 4.48. The van der Waals surface area contributed by atoms with E-state index in [0.717, 1.165) is 12.1 Å². The zero-order valence-electron chi connectivity index (χ0n) is 10.4. The molecule has 1 amide bonds. The van der Waals surface area contributed by atoms with Crippen molar-refractivity contribution in [3.8, 4) is 0 Å². The number of rotatable bonds is 4. The van der Waals surface area contributed by atoms with Crippen molar-refractivity contribution in [2.24, 2.45) is 0 Å². The van der Waals surface area contributed by atoms with Crippen LogP contribution in [0.2, 0.25) is 0 Å². The molecule has 6 heteroatoms. The van der Waals surface area contributed by atoms with Gasteiger partial charge in [0.05, 0.1) is 13.2 Å². The maximum absolute atomic E-state index is 13.2. The Bertz CT molecular complexity index is 430. The highest BCUT2D eigenvalue weighted by Gasteiger charge is 2.16. The van der Waals surface area contributed by atoms with Crippen LogP contribution in [-0.2, 0) is 16.1 Å². The highest BCUT2D eigenvalue weighted by molar-refractivity contribution is 9.10. The molecule has 1 aromatic carbocycles. The Labute approximate surface area is 119 Å². The zero-order valence-corrected chi connectivity index (χ0v) is 12.0. The first-order chi connectivity index (χ1) is 9.13. The maximum Gasteiger partial charge on any atom is 0.221 e. The summed E-state index contributed by atoms with van der Waals surface area (Å²) >= 11 is 3.22. The average Bonchev–Trinajstić information content (AvgIpc) is 2.36. The largest absolute Gasteiger partial charge is 0.378 e. The first kappa shape index (κ1) is 14.4. The molecule has 0 bridgehead atoms. The molecule has 2 N–H and O–H groups in total. The average molecular weight is 331 g/mol. The molecule has 1 saturated heterocycles. The summed E-state index contributed by atoms with van der Waals surface area (Å²) in [6.45, 7) is 2.34. The van der Waals surface area contributed by atoms with Crippen LogP contribution in [0.3, 0.4) is 0 Å². The molecule has 0 aromatic heterocycles. The van der Waals surface area contributed by atoms with E-state index in [1.54, 1.807) is 6.07 Å². The molecule has 0 radical (unpaired) electrons. The minimum Gasteiger partial charge on any atom is -0.378 e. The van der Waals surface area contributed by atoms with E-state index < -0.39 is 0 Å². The summed E-state index contributed by atoms with van der Waals surface area (Å²) in [5.41, 5.74) is 0.730. The van der Waals surface area contributed by atoms with Gasteiger partial charge in [-0.25, -0.2) is 4.39 Å². The highest BCUT2D eigenvalue weighted by atomic mass is 79.9. The van der Waals surface area contributed by atoms with Gasteiger partial charge in [-0.2, -0.15) is 0 Å². The van der Waals surface area contributed by atoms with Gasteiger partial charge in [0.25, 0.3) is 0 Å². The Balaban J connectivity index is 1.79. The molecule has 1 unspecified atom stereocenters. The fraction of sp³-hybridized carbons (Fsp3) is 0.462.